The number of carbonyl (C=O) groups excluding carboxylic acids is 2. The lowest BCUT2D eigenvalue weighted by molar-refractivity contribution is -0.385. The number of benzene rings is 2. The summed E-state index contributed by atoms with van der Waals surface area (Å²) in [7, 11) is 0. The van der Waals surface area contributed by atoms with Crippen LogP contribution >= 0.6 is 15.9 Å². The zero-order valence-electron chi connectivity index (χ0n) is 14.0. The van der Waals surface area contributed by atoms with E-state index in [1.54, 1.807) is 6.07 Å². The van der Waals surface area contributed by atoms with Gasteiger partial charge in [-0.25, -0.2) is 4.79 Å². The molecule has 6 nitrogen and oxygen atoms in total. The first kappa shape index (κ1) is 18.8. The van der Waals surface area contributed by atoms with E-state index in [9.17, 15) is 19.7 Å². The Morgan fingerprint density at radius 3 is 2.36 bits per heavy atom. The van der Waals surface area contributed by atoms with Gasteiger partial charge in [0.2, 0.25) is 5.78 Å². The minimum absolute atomic E-state index is 0.0134. The summed E-state index contributed by atoms with van der Waals surface area (Å²) in [6.07, 6.45) is 0. The number of esters is 1. The second-order valence-electron chi connectivity index (χ2n) is 5.67. The molecule has 25 heavy (non-hydrogen) atoms. The third-order valence-electron chi connectivity index (χ3n) is 3.85. The van der Waals surface area contributed by atoms with Crippen LogP contribution in [0, 0.1) is 30.9 Å². The smallest absolute Gasteiger partial charge is 0.338 e. The molecule has 0 saturated carbocycles. The van der Waals surface area contributed by atoms with Gasteiger partial charge in [0.25, 0.3) is 5.69 Å². The van der Waals surface area contributed by atoms with Gasteiger partial charge >= 0.3 is 5.97 Å². The number of halogens is 1. The van der Waals surface area contributed by atoms with Crippen LogP contribution in [-0.2, 0) is 4.74 Å². The van der Waals surface area contributed by atoms with E-state index in [-0.39, 0.29) is 21.5 Å². The maximum atomic E-state index is 12.3. The van der Waals surface area contributed by atoms with E-state index >= 15 is 0 Å². The highest BCUT2D eigenvalue weighted by atomic mass is 79.9. The Balaban J connectivity index is 2.12. The normalized spacial score (nSPS) is 10.4. The fraction of sp³-hybridized carbons (Fsp3) is 0.222. The first-order valence-corrected chi connectivity index (χ1v) is 8.22. The lowest BCUT2D eigenvalue weighted by Crippen LogP contribution is -2.15. The summed E-state index contributed by atoms with van der Waals surface area (Å²) in [6.45, 7) is 5.25. The monoisotopic (exact) mass is 405 g/mol. The highest BCUT2D eigenvalue weighted by Crippen LogP contribution is 2.26. The van der Waals surface area contributed by atoms with E-state index < -0.39 is 17.5 Å². The molecule has 7 heteroatoms. The van der Waals surface area contributed by atoms with Crippen molar-refractivity contribution in [3.05, 3.63) is 72.7 Å². The maximum absolute atomic E-state index is 12.3. The number of aryl methyl sites for hydroxylation is 3. The quantitative estimate of drug-likeness (QED) is 0.319. The number of carbonyl (C=O) groups is 2. The van der Waals surface area contributed by atoms with Gasteiger partial charge in [-0.05, 0) is 71.6 Å². The SMILES string of the molecule is Cc1cc(C)c(C(=O)COC(=O)c2ccc(Br)c([N+](=O)[O-])c2)cc1C. The zero-order valence-corrected chi connectivity index (χ0v) is 15.5. The number of nitrogens with zero attached hydrogens (tertiary/aromatic N) is 1. The van der Waals surface area contributed by atoms with Crippen LogP contribution in [-0.4, -0.2) is 23.3 Å². The van der Waals surface area contributed by atoms with E-state index in [1.165, 1.54) is 12.1 Å². The molecule has 2 rings (SSSR count). The average Bonchev–Trinajstić information content (AvgIpc) is 2.55. The number of ether oxygens (including phenoxy) is 1. The van der Waals surface area contributed by atoms with Crippen LogP contribution in [0.3, 0.4) is 0 Å². The molecule has 0 N–H and O–H groups in total. The van der Waals surface area contributed by atoms with E-state index in [2.05, 4.69) is 15.9 Å². The molecule has 0 aliphatic heterocycles. The molecule has 0 amide bonds. The molecule has 0 atom stereocenters. The van der Waals surface area contributed by atoms with Gasteiger partial charge in [-0.15, -0.1) is 0 Å². The van der Waals surface area contributed by atoms with Crippen molar-refractivity contribution in [3.8, 4) is 0 Å². The predicted molar refractivity (Wildman–Crippen MR) is 96.1 cm³/mol. The summed E-state index contributed by atoms with van der Waals surface area (Å²) in [6, 6.07) is 7.57. The molecule has 0 heterocycles. The third-order valence-corrected chi connectivity index (χ3v) is 4.52. The van der Waals surface area contributed by atoms with Crippen LogP contribution in [0.1, 0.15) is 37.4 Å². The van der Waals surface area contributed by atoms with Crippen molar-refractivity contribution in [2.24, 2.45) is 0 Å². The average molecular weight is 406 g/mol. The Labute approximate surface area is 153 Å². The third kappa shape index (κ3) is 4.30. The summed E-state index contributed by atoms with van der Waals surface area (Å²) in [5, 5.41) is 10.9. The van der Waals surface area contributed by atoms with Crippen molar-refractivity contribution >= 4 is 33.4 Å². The van der Waals surface area contributed by atoms with Gasteiger partial charge in [-0.3, -0.25) is 14.9 Å². The van der Waals surface area contributed by atoms with Gasteiger partial charge in [-0.1, -0.05) is 6.07 Å². The number of nitro benzene ring substituents is 1. The number of rotatable bonds is 5. The van der Waals surface area contributed by atoms with Gasteiger partial charge < -0.3 is 4.74 Å². The van der Waals surface area contributed by atoms with Crippen molar-refractivity contribution < 1.29 is 19.2 Å². The molecular formula is C18H16BrNO5. The number of ketones is 1. The summed E-state index contributed by atoms with van der Waals surface area (Å²) in [5.41, 5.74) is 3.13. The molecular weight excluding hydrogens is 390 g/mol. The van der Waals surface area contributed by atoms with Gasteiger partial charge in [0.15, 0.2) is 6.61 Å². The van der Waals surface area contributed by atoms with Crippen LogP contribution < -0.4 is 0 Å². The Bertz CT molecular complexity index is 876. The standard InChI is InChI=1S/C18H16BrNO5/c1-10-6-12(3)14(7-11(10)2)17(21)9-25-18(22)13-4-5-15(19)16(8-13)20(23)24/h4-8H,9H2,1-3H3. The van der Waals surface area contributed by atoms with E-state index in [0.29, 0.717) is 5.56 Å². The van der Waals surface area contributed by atoms with Gasteiger partial charge in [0.1, 0.15) is 0 Å². The fourth-order valence-corrected chi connectivity index (χ4v) is 2.72. The topological polar surface area (TPSA) is 86.5 Å². The number of hydrogen-bond donors (Lipinski definition) is 0. The Morgan fingerprint density at radius 2 is 1.72 bits per heavy atom. The second-order valence-corrected chi connectivity index (χ2v) is 6.53. The molecule has 0 bridgehead atoms. The Kier molecular flexibility index (Phi) is 5.69. The first-order valence-electron chi connectivity index (χ1n) is 7.43. The van der Waals surface area contributed by atoms with Crippen LogP contribution in [0.4, 0.5) is 5.69 Å². The van der Waals surface area contributed by atoms with Crippen molar-refractivity contribution in [2.45, 2.75) is 20.8 Å². The summed E-state index contributed by atoms with van der Waals surface area (Å²) in [4.78, 5) is 34.7. The summed E-state index contributed by atoms with van der Waals surface area (Å²) >= 11 is 3.05. The van der Waals surface area contributed by atoms with Crippen molar-refractivity contribution in [2.75, 3.05) is 6.61 Å². The summed E-state index contributed by atoms with van der Waals surface area (Å²) in [5.74, 6) is -1.11. The van der Waals surface area contributed by atoms with Crippen molar-refractivity contribution in [1.82, 2.24) is 0 Å². The van der Waals surface area contributed by atoms with Gasteiger partial charge in [-0.2, -0.15) is 0 Å². The molecule has 2 aromatic carbocycles. The lowest BCUT2D eigenvalue weighted by Gasteiger charge is -2.09. The molecule has 0 aliphatic carbocycles. The van der Waals surface area contributed by atoms with E-state index in [0.717, 1.165) is 22.8 Å². The first-order chi connectivity index (χ1) is 11.7. The zero-order chi connectivity index (χ0) is 18.7. The van der Waals surface area contributed by atoms with E-state index in [1.807, 2.05) is 26.8 Å². The van der Waals surface area contributed by atoms with Crippen LogP contribution in [0.15, 0.2) is 34.8 Å². The second kappa shape index (κ2) is 7.57. The largest absolute Gasteiger partial charge is 0.454 e. The summed E-state index contributed by atoms with van der Waals surface area (Å²) < 4.78 is 5.28. The fourth-order valence-electron chi connectivity index (χ4n) is 2.33. The number of nitro groups is 1. The molecule has 0 saturated heterocycles. The molecule has 0 fully saturated rings. The van der Waals surface area contributed by atoms with Gasteiger partial charge in [0.05, 0.1) is 15.0 Å². The van der Waals surface area contributed by atoms with Crippen molar-refractivity contribution in [1.29, 1.82) is 0 Å². The molecule has 0 aliphatic rings. The van der Waals surface area contributed by atoms with Crippen LogP contribution in [0.5, 0.6) is 0 Å². The molecule has 130 valence electrons. The predicted octanol–water partition coefficient (Wildman–Crippen LogP) is 4.32. The lowest BCUT2D eigenvalue weighted by atomic mass is 9.98. The number of hydrogen-bond acceptors (Lipinski definition) is 5. The van der Waals surface area contributed by atoms with Crippen molar-refractivity contribution in [3.63, 3.8) is 0 Å². The number of Topliss-reactive ketones (excluding diaryl/α,β-unsaturated/α-hetero) is 1. The highest BCUT2D eigenvalue weighted by Gasteiger charge is 2.18. The Hall–Kier alpha value is -2.54. The van der Waals surface area contributed by atoms with Crippen LogP contribution in [0.2, 0.25) is 0 Å². The molecule has 0 radical (unpaired) electrons. The molecule has 2 aromatic rings. The van der Waals surface area contributed by atoms with Gasteiger partial charge in [0, 0.05) is 11.6 Å². The minimum Gasteiger partial charge on any atom is -0.454 e. The molecule has 0 unspecified atom stereocenters. The molecule has 0 aromatic heterocycles. The molecule has 0 spiro atoms. The maximum Gasteiger partial charge on any atom is 0.338 e. The Morgan fingerprint density at radius 1 is 1.08 bits per heavy atom. The minimum atomic E-state index is -0.787. The highest BCUT2D eigenvalue weighted by molar-refractivity contribution is 9.10. The van der Waals surface area contributed by atoms with E-state index in [4.69, 9.17) is 4.74 Å². The van der Waals surface area contributed by atoms with Crippen LogP contribution in [0.25, 0.3) is 0 Å².